The molecule has 194 valence electrons. The average Bonchev–Trinajstić information content (AvgIpc) is 2.90. The molecule has 0 bridgehead atoms. The van der Waals surface area contributed by atoms with E-state index < -0.39 is 0 Å². The highest BCUT2D eigenvalue weighted by Gasteiger charge is 2.16. The zero-order valence-corrected chi connectivity index (χ0v) is 22.3. The van der Waals surface area contributed by atoms with Crippen molar-refractivity contribution in [1.82, 2.24) is 10.6 Å². The van der Waals surface area contributed by atoms with Gasteiger partial charge in [0.05, 0.1) is 6.04 Å². The molecule has 0 saturated heterocycles. The second-order valence-corrected chi connectivity index (χ2v) is 9.96. The van der Waals surface area contributed by atoms with E-state index in [1.54, 1.807) is 0 Å². The molecule has 0 atom stereocenters. The number of carbonyl (C=O) groups is 1. The Hall–Kier alpha value is -2.29. The molecule has 0 aromatic heterocycles. The van der Waals surface area contributed by atoms with Crippen LogP contribution in [0, 0.1) is 0 Å². The Balaban J connectivity index is 1.45. The summed E-state index contributed by atoms with van der Waals surface area (Å²) in [7, 11) is 0. The molecule has 35 heavy (non-hydrogen) atoms. The Labute approximate surface area is 215 Å². The van der Waals surface area contributed by atoms with Gasteiger partial charge in [-0.05, 0) is 17.5 Å². The van der Waals surface area contributed by atoms with Gasteiger partial charge in [-0.15, -0.1) is 0 Å². The summed E-state index contributed by atoms with van der Waals surface area (Å²) in [5.41, 5.74) is 2.19. The lowest BCUT2D eigenvalue weighted by atomic mass is 9.99. The van der Waals surface area contributed by atoms with Gasteiger partial charge < -0.3 is 10.6 Å². The molecule has 2 aromatic carbocycles. The summed E-state index contributed by atoms with van der Waals surface area (Å²) in [6.45, 7) is 3.02. The number of hydrogen-bond acceptors (Lipinski definition) is 1. The van der Waals surface area contributed by atoms with E-state index in [4.69, 9.17) is 0 Å². The van der Waals surface area contributed by atoms with Crippen LogP contribution in [0.15, 0.2) is 60.7 Å². The zero-order chi connectivity index (χ0) is 24.8. The van der Waals surface area contributed by atoms with Gasteiger partial charge in [0.2, 0.25) is 0 Å². The molecule has 3 nitrogen and oxygen atoms in total. The fourth-order valence-corrected chi connectivity index (χ4v) is 4.71. The van der Waals surface area contributed by atoms with Crippen molar-refractivity contribution in [1.29, 1.82) is 0 Å². The summed E-state index contributed by atoms with van der Waals surface area (Å²) >= 11 is 0. The van der Waals surface area contributed by atoms with Crippen LogP contribution >= 0.6 is 0 Å². The Kier molecular flexibility index (Phi) is 16.5. The van der Waals surface area contributed by atoms with Gasteiger partial charge in [0.1, 0.15) is 0 Å². The van der Waals surface area contributed by atoms with E-state index in [0.717, 1.165) is 24.1 Å². The number of urea groups is 1. The van der Waals surface area contributed by atoms with Crippen LogP contribution < -0.4 is 10.6 Å². The van der Waals surface area contributed by atoms with Gasteiger partial charge in [-0.3, -0.25) is 0 Å². The summed E-state index contributed by atoms with van der Waals surface area (Å²) in [4.78, 5) is 12.5. The quantitative estimate of drug-likeness (QED) is 0.183. The second kappa shape index (κ2) is 20.0. The number of hydrogen-bond donors (Lipinski definition) is 2. The third kappa shape index (κ3) is 14.0. The smallest absolute Gasteiger partial charge is 0.315 e. The lowest BCUT2D eigenvalue weighted by Gasteiger charge is -2.20. The van der Waals surface area contributed by atoms with Crippen molar-refractivity contribution in [3.05, 3.63) is 71.8 Å². The molecule has 0 spiro atoms. The maximum absolute atomic E-state index is 12.5. The Morgan fingerprint density at radius 1 is 0.571 bits per heavy atom. The highest BCUT2D eigenvalue weighted by atomic mass is 16.2. The maximum Gasteiger partial charge on any atom is 0.315 e. The minimum Gasteiger partial charge on any atom is -0.338 e. The normalized spacial score (nSPS) is 11.0. The maximum atomic E-state index is 12.5. The zero-order valence-electron chi connectivity index (χ0n) is 22.3. The van der Waals surface area contributed by atoms with Crippen LogP contribution in [0.25, 0.3) is 0 Å². The minimum atomic E-state index is -0.136. The molecule has 0 fully saturated rings. The van der Waals surface area contributed by atoms with E-state index in [1.807, 2.05) is 36.4 Å². The van der Waals surface area contributed by atoms with Crippen molar-refractivity contribution >= 4 is 6.03 Å². The Morgan fingerprint density at radius 3 is 1.34 bits per heavy atom. The number of carbonyl (C=O) groups excluding carboxylic acids is 1. The monoisotopic (exact) mass is 478 g/mol. The first-order valence-corrected chi connectivity index (χ1v) is 14.5. The van der Waals surface area contributed by atoms with Gasteiger partial charge in [-0.25, -0.2) is 4.79 Å². The molecule has 2 N–H and O–H groups in total. The molecule has 0 radical (unpaired) electrons. The van der Waals surface area contributed by atoms with Crippen LogP contribution in [0.2, 0.25) is 0 Å². The standard InChI is InChI=1S/C32H50N2O/c1-2-3-4-5-6-7-8-9-10-11-12-13-14-15-16-23-28-33-32(35)34-31(29-24-19-17-20-25-29)30-26-21-18-22-27-30/h17-22,24-27,31H,2-16,23,28H2,1H3,(H2,33,34,35). The van der Waals surface area contributed by atoms with Gasteiger partial charge in [0.25, 0.3) is 0 Å². The molecule has 2 amide bonds. The predicted octanol–water partition coefficient (Wildman–Crippen LogP) is 9.34. The van der Waals surface area contributed by atoms with Crippen LogP contribution in [0.5, 0.6) is 0 Å². The topological polar surface area (TPSA) is 41.1 Å². The number of unbranched alkanes of at least 4 members (excludes halogenated alkanes) is 15. The third-order valence-corrected chi connectivity index (χ3v) is 6.86. The molecule has 0 aliphatic heterocycles. The van der Waals surface area contributed by atoms with Crippen LogP contribution in [0.4, 0.5) is 4.79 Å². The van der Waals surface area contributed by atoms with Crippen molar-refractivity contribution in [3.8, 4) is 0 Å². The lowest BCUT2D eigenvalue weighted by molar-refractivity contribution is 0.238. The van der Waals surface area contributed by atoms with E-state index in [1.165, 1.54) is 96.3 Å². The summed E-state index contributed by atoms with van der Waals surface area (Å²) in [5, 5.41) is 6.21. The van der Waals surface area contributed by atoms with E-state index in [9.17, 15) is 4.79 Å². The molecule has 0 unspecified atom stereocenters. The van der Waals surface area contributed by atoms with E-state index in [0.29, 0.717) is 0 Å². The first-order valence-electron chi connectivity index (χ1n) is 14.5. The second-order valence-electron chi connectivity index (χ2n) is 9.96. The molecule has 0 saturated carbocycles. The van der Waals surface area contributed by atoms with Crippen molar-refractivity contribution in [3.63, 3.8) is 0 Å². The van der Waals surface area contributed by atoms with Gasteiger partial charge in [-0.2, -0.15) is 0 Å². The van der Waals surface area contributed by atoms with Gasteiger partial charge >= 0.3 is 6.03 Å². The fourth-order valence-electron chi connectivity index (χ4n) is 4.71. The lowest BCUT2D eigenvalue weighted by Crippen LogP contribution is -2.38. The molecule has 3 heteroatoms. The molecule has 0 aliphatic rings. The van der Waals surface area contributed by atoms with Gasteiger partial charge in [-0.1, -0.05) is 164 Å². The van der Waals surface area contributed by atoms with Gasteiger partial charge in [0.15, 0.2) is 0 Å². The van der Waals surface area contributed by atoms with E-state index >= 15 is 0 Å². The predicted molar refractivity (Wildman–Crippen MR) is 151 cm³/mol. The van der Waals surface area contributed by atoms with Crippen LogP contribution in [0.3, 0.4) is 0 Å². The van der Waals surface area contributed by atoms with Crippen molar-refractivity contribution < 1.29 is 4.79 Å². The average molecular weight is 479 g/mol. The molecule has 0 heterocycles. The third-order valence-electron chi connectivity index (χ3n) is 6.86. The largest absolute Gasteiger partial charge is 0.338 e. The van der Waals surface area contributed by atoms with Crippen molar-refractivity contribution in [2.24, 2.45) is 0 Å². The van der Waals surface area contributed by atoms with E-state index in [2.05, 4.69) is 41.8 Å². The number of rotatable bonds is 20. The molecular formula is C32H50N2O. The fraction of sp³-hybridized carbons (Fsp3) is 0.594. The van der Waals surface area contributed by atoms with Gasteiger partial charge in [0, 0.05) is 6.54 Å². The van der Waals surface area contributed by atoms with Crippen molar-refractivity contribution in [2.45, 2.75) is 116 Å². The number of nitrogens with one attached hydrogen (secondary N) is 2. The first kappa shape index (κ1) is 28.9. The van der Waals surface area contributed by atoms with Crippen LogP contribution in [-0.2, 0) is 0 Å². The minimum absolute atomic E-state index is 0.0938. The highest BCUT2D eigenvalue weighted by Crippen LogP contribution is 2.21. The number of benzene rings is 2. The SMILES string of the molecule is CCCCCCCCCCCCCCCCCCNC(=O)NC(c1ccccc1)c1ccccc1. The summed E-state index contributed by atoms with van der Waals surface area (Å²) in [6.07, 6.45) is 21.8. The van der Waals surface area contributed by atoms with Crippen LogP contribution in [0.1, 0.15) is 127 Å². The van der Waals surface area contributed by atoms with Crippen LogP contribution in [-0.4, -0.2) is 12.6 Å². The molecule has 2 rings (SSSR count). The Bertz CT molecular complexity index is 707. The summed E-state index contributed by atoms with van der Waals surface area (Å²) in [6, 6.07) is 20.1. The number of amides is 2. The molecule has 0 aliphatic carbocycles. The van der Waals surface area contributed by atoms with E-state index in [-0.39, 0.29) is 12.1 Å². The first-order chi connectivity index (χ1) is 17.3. The summed E-state index contributed by atoms with van der Waals surface area (Å²) in [5.74, 6) is 0. The highest BCUT2D eigenvalue weighted by molar-refractivity contribution is 5.75. The molecular weight excluding hydrogens is 428 g/mol. The summed E-state index contributed by atoms with van der Waals surface area (Å²) < 4.78 is 0. The van der Waals surface area contributed by atoms with Crippen molar-refractivity contribution in [2.75, 3.05) is 6.54 Å². The Morgan fingerprint density at radius 2 is 0.943 bits per heavy atom. The molecule has 2 aromatic rings.